The molecule has 0 heterocycles. The highest BCUT2D eigenvalue weighted by Crippen LogP contribution is 2.29. The van der Waals surface area contributed by atoms with Crippen molar-refractivity contribution in [3.05, 3.63) is 35.4 Å². The van der Waals surface area contributed by atoms with Crippen LogP contribution in [0.4, 0.5) is 0 Å². The maximum absolute atomic E-state index is 3.80. The van der Waals surface area contributed by atoms with E-state index in [2.05, 4.69) is 43.4 Å². The van der Waals surface area contributed by atoms with Gasteiger partial charge in [0.05, 0.1) is 0 Å². The molecular weight excluding hydrogens is 230 g/mol. The zero-order valence-electron chi connectivity index (χ0n) is 12.6. The summed E-state index contributed by atoms with van der Waals surface area (Å²) < 4.78 is 0. The number of rotatable bonds is 7. The Kier molecular flexibility index (Phi) is 5.91. The molecule has 1 heteroatoms. The van der Waals surface area contributed by atoms with E-state index in [-0.39, 0.29) is 0 Å². The monoisotopic (exact) mass is 259 g/mol. The molecular formula is C18H29N. The molecule has 1 N–H and O–H groups in total. The Morgan fingerprint density at radius 2 is 2.05 bits per heavy atom. The fraction of sp³-hybridized carbons (Fsp3) is 0.667. The molecule has 0 amide bonds. The highest BCUT2D eigenvalue weighted by Gasteiger charge is 2.24. The van der Waals surface area contributed by atoms with Crippen molar-refractivity contribution in [3.8, 4) is 0 Å². The normalized spacial score (nSPS) is 17.8. The maximum atomic E-state index is 3.80. The summed E-state index contributed by atoms with van der Waals surface area (Å²) in [6.07, 6.45) is 9.53. The zero-order chi connectivity index (χ0) is 13.5. The van der Waals surface area contributed by atoms with E-state index in [4.69, 9.17) is 0 Å². The molecule has 0 radical (unpaired) electrons. The molecule has 1 aliphatic rings. The number of hydrogen-bond acceptors (Lipinski definition) is 1. The van der Waals surface area contributed by atoms with Crippen molar-refractivity contribution in [2.45, 2.75) is 64.8 Å². The fourth-order valence-electron chi connectivity index (χ4n) is 3.38. The van der Waals surface area contributed by atoms with Crippen LogP contribution in [0.25, 0.3) is 0 Å². The molecule has 1 atom stereocenters. The van der Waals surface area contributed by atoms with Crippen molar-refractivity contribution >= 4 is 0 Å². The van der Waals surface area contributed by atoms with Crippen LogP contribution in [0.5, 0.6) is 0 Å². The summed E-state index contributed by atoms with van der Waals surface area (Å²) in [5.41, 5.74) is 2.89. The molecule has 2 rings (SSSR count). The third kappa shape index (κ3) is 4.65. The largest absolute Gasteiger partial charge is 0.314 e. The van der Waals surface area contributed by atoms with E-state index >= 15 is 0 Å². The topological polar surface area (TPSA) is 12.0 Å². The van der Waals surface area contributed by atoms with Gasteiger partial charge in [0.2, 0.25) is 0 Å². The quantitative estimate of drug-likeness (QED) is 0.761. The van der Waals surface area contributed by atoms with Crippen LogP contribution in [0.15, 0.2) is 24.3 Å². The molecule has 1 aromatic rings. The minimum atomic E-state index is 0.739. The summed E-state index contributed by atoms with van der Waals surface area (Å²) in [7, 11) is 0. The molecule has 0 saturated heterocycles. The second-order valence-electron chi connectivity index (χ2n) is 6.13. The highest BCUT2D eigenvalue weighted by molar-refractivity contribution is 5.22. The second kappa shape index (κ2) is 7.69. The van der Waals surface area contributed by atoms with Gasteiger partial charge in [-0.15, -0.1) is 0 Å². The van der Waals surface area contributed by atoms with E-state index in [1.807, 2.05) is 0 Å². The summed E-state index contributed by atoms with van der Waals surface area (Å²) in [5.74, 6) is 0.927. The average Bonchev–Trinajstić information content (AvgIpc) is 2.93. The summed E-state index contributed by atoms with van der Waals surface area (Å²) in [4.78, 5) is 0. The SMILES string of the molecule is CCCNC(CCc1cccc(C)c1)C1CCCC1. The van der Waals surface area contributed by atoms with E-state index < -0.39 is 0 Å². The Morgan fingerprint density at radius 1 is 1.26 bits per heavy atom. The van der Waals surface area contributed by atoms with Gasteiger partial charge in [0.25, 0.3) is 0 Å². The van der Waals surface area contributed by atoms with E-state index in [0.717, 1.165) is 12.0 Å². The molecule has 106 valence electrons. The molecule has 0 aromatic heterocycles. The molecule has 0 bridgehead atoms. The summed E-state index contributed by atoms with van der Waals surface area (Å²) in [5, 5.41) is 3.80. The Bertz CT molecular complexity index is 366. The molecule has 1 saturated carbocycles. The Labute approximate surface area is 118 Å². The molecule has 19 heavy (non-hydrogen) atoms. The number of hydrogen-bond donors (Lipinski definition) is 1. The van der Waals surface area contributed by atoms with E-state index in [1.165, 1.54) is 62.6 Å². The number of aryl methyl sites for hydroxylation is 2. The van der Waals surface area contributed by atoms with Gasteiger partial charge in [-0.1, -0.05) is 49.6 Å². The summed E-state index contributed by atoms with van der Waals surface area (Å²) in [6.45, 7) is 5.63. The lowest BCUT2D eigenvalue weighted by molar-refractivity contribution is 0.341. The van der Waals surface area contributed by atoms with Gasteiger partial charge in [-0.05, 0) is 57.1 Å². The first-order valence-corrected chi connectivity index (χ1v) is 8.08. The van der Waals surface area contributed by atoms with Gasteiger partial charge < -0.3 is 5.32 Å². The molecule has 1 aromatic carbocycles. The van der Waals surface area contributed by atoms with Gasteiger partial charge >= 0.3 is 0 Å². The van der Waals surface area contributed by atoms with Gasteiger partial charge in [0.15, 0.2) is 0 Å². The Hall–Kier alpha value is -0.820. The van der Waals surface area contributed by atoms with Crippen LogP contribution in [0.3, 0.4) is 0 Å². The average molecular weight is 259 g/mol. The first-order chi connectivity index (χ1) is 9.29. The van der Waals surface area contributed by atoms with Gasteiger partial charge in [-0.25, -0.2) is 0 Å². The van der Waals surface area contributed by atoms with Crippen molar-refractivity contribution in [2.75, 3.05) is 6.54 Å². The van der Waals surface area contributed by atoms with Crippen LogP contribution in [0, 0.1) is 12.8 Å². The minimum Gasteiger partial charge on any atom is -0.314 e. The lowest BCUT2D eigenvalue weighted by Crippen LogP contribution is -2.36. The van der Waals surface area contributed by atoms with E-state index in [0.29, 0.717) is 0 Å². The van der Waals surface area contributed by atoms with Crippen molar-refractivity contribution in [1.29, 1.82) is 0 Å². The Balaban J connectivity index is 1.88. The van der Waals surface area contributed by atoms with Crippen LogP contribution in [-0.2, 0) is 6.42 Å². The van der Waals surface area contributed by atoms with Crippen molar-refractivity contribution in [2.24, 2.45) is 5.92 Å². The predicted octanol–water partition coefficient (Wildman–Crippen LogP) is 4.49. The van der Waals surface area contributed by atoms with Crippen LogP contribution < -0.4 is 5.32 Å². The van der Waals surface area contributed by atoms with Crippen LogP contribution in [-0.4, -0.2) is 12.6 Å². The van der Waals surface area contributed by atoms with Gasteiger partial charge in [0, 0.05) is 6.04 Å². The highest BCUT2D eigenvalue weighted by atomic mass is 14.9. The maximum Gasteiger partial charge on any atom is 0.00984 e. The fourth-order valence-corrected chi connectivity index (χ4v) is 3.38. The molecule has 1 nitrogen and oxygen atoms in total. The number of benzene rings is 1. The van der Waals surface area contributed by atoms with Crippen molar-refractivity contribution in [3.63, 3.8) is 0 Å². The third-order valence-electron chi connectivity index (χ3n) is 4.45. The van der Waals surface area contributed by atoms with Crippen LogP contribution in [0.2, 0.25) is 0 Å². The summed E-state index contributed by atoms with van der Waals surface area (Å²) >= 11 is 0. The smallest absolute Gasteiger partial charge is 0.00984 e. The number of nitrogens with one attached hydrogen (secondary N) is 1. The van der Waals surface area contributed by atoms with E-state index in [9.17, 15) is 0 Å². The lowest BCUT2D eigenvalue weighted by atomic mass is 9.92. The molecule has 1 fully saturated rings. The molecule has 1 unspecified atom stereocenters. The van der Waals surface area contributed by atoms with Crippen LogP contribution >= 0.6 is 0 Å². The minimum absolute atomic E-state index is 0.739. The van der Waals surface area contributed by atoms with E-state index in [1.54, 1.807) is 0 Å². The lowest BCUT2D eigenvalue weighted by Gasteiger charge is -2.25. The van der Waals surface area contributed by atoms with Gasteiger partial charge in [-0.3, -0.25) is 0 Å². The predicted molar refractivity (Wildman–Crippen MR) is 83.5 cm³/mol. The van der Waals surface area contributed by atoms with Crippen LogP contribution in [0.1, 0.15) is 56.6 Å². The zero-order valence-corrected chi connectivity index (χ0v) is 12.6. The first kappa shape index (κ1) is 14.6. The van der Waals surface area contributed by atoms with Crippen molar-refractivity contribution < 1.29 is 0 Å². The molecule has 1 aliphatic carbocycles. The Morgan fingerprint density at radius 3 is 2.74 bits per heavy atom. The second-order valence-corrected chi connectivity index (χ2v) is 6.13. The molecule has 0 aliphatic heterocycles. The summed E-state index contributed by atoms with van der Waals surface area (Å²) in [6, 6.07) is 9.73. The molecule has 0 spiro atoms. The standard InChI is InChI=1S/C18H29N/c1-3-13-19-18(17-9-4-5-10-17)12-11-16-8-6-7-15(2)14-16/h6-8,14,17-19H,3-5,9-13H2,1-2H3. The van der Waals surface area contributed by atoms with Gasteiger partial charge in [-0.2, -0.15) is 0 Å². The third-order valence-corrected chi connectivity index (χ3v) is 4.45. The van der Waals surface area contributed by atoms with Crippen molar-refractivity contribution in [1.82, 2.24) is 5.32 Å². The first-order valence-electron chi connectivity index (χ1n) is 8.08. The van der Waals surface area contributed by atoms with Gasteiger partial charge in [0.1, 0.15) is 0 Å².